The first-order valence-electron chi connectivity index (χ1n) is 6.62. The number of hydrogen-bond acceptors (Lipinski definition) is 2. The Morgan fingerprint density at radius 1 is 1.19 bits per heavy atom. The number of guanidine groups is 1. The summed E-state index contributed by atoms with van der Waals surface area (Å²) in [5.74, 6) is 6.52. The van der Waals surface area contributed by atoms with Gasteiger partial charge in [0.1, 0.15) is 0 Å². The van der Waals surface area contributed by atoms with Crippen molar-refractivity contribution >= 4 is 5.96 Å². The van der Waals surface area contributed by atoms with Crippen molar-refractivity contribution in [2.45, 2.75) is 64.0 Å². The summed E-state index contributed by atoms with van der Waals surface area (Å²) < 4.78 is 0. The second-order valence-corrected chi connectivity index (χ2v) is 5.07. The molecule has 4 heteroatoms. The molecule has 92 valence electrons. The van der Waals surface area contributed by atoms with Gasteiger partial charge in [0.15, 0.2) is 0 Å². The molecule has 0 aromatic rings. The maximum Gasteiger partial charge on any atom is 0.208 e. The lowest BCUT2D eigenvalue weighted by Gasteiger charge is -2.27. The van der Waals surface area contributed by atoms with Crippen LogP contribution in [0.5, 0.6) is 0 Å². The molecule has 1 unspecified atom stereocenters. The molecule has 4 nitrogen and oxygen atoms in total. The summed E-state index contributed by atoms with van der Waals surface area (Å²) in [5.41, 5.74) is 2.80. The molecule has 0 amide bonds. The van der Waals surface area contributed by atoms with Crippen molar-refractivity contribution in [1.82, 2.24) is 10.3 Å². The van der Waals surface area contributed by atoms with Crippen molar-refractivity contribution < 1.29 is 0 Å². The van der Waals surface area contributed by atoms with E-state index in [0.29, 0.717) is 12.1 Å². The first-order valence-corrected chi connectivity index (χ1v) is 6.62. The van der Waals surface area contributed by atoms with E-state index in [-0.39, 0.29) is 0 Å². The van der Waals surface area contributed by atoms with Crippen LogP contribution in [-0.4, -0.2) is 29.5 Å². The van der Waals surface area contributed by atoms with Gasteiger partial charge in [-0.2, -0.15) is 0 Å². The van der Waals surface area contributed by atoms with Crippen LogP contribution in [0.25, 0.3) is 0 Å². The van der Waals surface area contributed by atoms with Gasteiger partial charge in [0.25, 0.3) is 0 Å². The fourth-order valence-corrected chi connectivity index (χ4v) is 2.83. The number of hydrogen-bond donors (Lipinski definition) is 2. The summed E-state index contributed by atoms with van der Waals surface area (Å²) in [7, 11) is 0. The number of hydrazine groups is 1. The highest BCUT2D eigenvalue weighted by Crippen LogP contribution is 2.22. The van der Waals surface area contributed by atoms with Crippen LogP contribution < -0.4 is 11.3 Å². The Balaban J connectivity index is 1.99. The quantitative estimate of drug-likeness (QED) is 0.308. The van der Waals surface area contributed by atoms with Crippen LogP contribution >= 0.6 is 0 Å². The molecular formula is C12H24N4. The molecule has 0 aromatic carbocycles. The van der Waals surface area contributed by atoms with Gasteiger partial charge in [0.2, 0.25) is 5.96 Å². The first-order chi connectivity index (χ1) is 7.81. The topological polar surface area (TPSA) is 53.6 Å². The molecule has 1 aliphatic carbocycles. The standard InChI is InChI=1S/C12H24N4/c1-10-6-5-9-16(10)12(15-13)14-11-7-3-2-4-8-11/h10-11H,2-9,13H2,1H3,(H,14,15). The second-order valence-electron chi connectivity index (χ2n) is 5.07. The second kappa shape index (κ2) is 5.53. The summed E-state index contributed by atoms with van der Waals surface area (Å²) in [6.45, 7) is 3.34. The molecule has 0 spiro atoms. The SMILES string of the molecule is CC1CCCN1C(=NC1CCCCC1)NN. The van der Waals surface area contributed by atoms with Crippen LogP contribution in [-0.2, 0) is 0 Å². The molecule has 0 radical (unpaired) electrons. The Morgan fingerprint density at radius 3 is 2.50 bits per heavy atom. The highest BCUT2D eigenvalue weighted by molar-refractivity contribution is 5.80. The molecule has 1 saturated carbocycles. The molecule has 0 bridgehead atoms. The van der Waals surface area contributed by atoms with Crippen LogP contribution in [0.15, 0.2) is 4.99 Å². The zero-order valence-corrected chi connectivity index (χ0v) is 10.3. The maximum absolute atomic E-state index is 5.61. The van der Waals surface area contributed by atoms with Gasteiger partial charge in [-0.3, -0.25) is 5.43 Å². The average Bonchev–Trinajstić information content (AvgIpc) is 2.74. The lowest BCUT2D eigenvalue weighted by Crippen LogP contribution is -2.47. The minimum absolute atomic E-state index is 0.493. The number of nitrogens with two attached hydrogens (primary N) is 1. The van der Waals surface area contributed by atoms with Crippen molar-refractivity contribution in [1.29, 1.82) is 0 Å². The van der Waals surface area contributed by atoms with Gasteiger partial charge in [-0.25, -0.2) is 10.8 Å². The minimum atomic E-state index is 0.493. The molecule has 1 saturated heterocycles. The molecule has 16 heavy (non-hydrogen) atoms. The lowest BCUT2D eigenvalue weighted by molar-refractivity contribution is 0.384. The van der Waals surface area contributed by atoms with Gasteiger partial charge >= 0.3 is 0 Å². The molecule has 2 fully saturated rings. The summed E-state index contributed by atoms with van der Waals surface area (Å²) >= 11 is 0. The molecule has 3 N–H and O–H groups in total. The van der Waals surface area contributed by atoms with E-state index in [9.17, 15) is 0 Å². The fourth-order valence-electron chi connectivity index (χ4n) is 2.83. The van der Waals surface area contributed by atoms with E-state index in [1.54, 1.807) is 0 Å². The fraction of sp³-hybridized carbons (Fsp3) is 0.917. The number of nitrogens with zero attached hydrogens (tertiary/aromatic N) is 2. The summed E-state index contributed by atoms with van der Waals surface area (Å²) in [6.07, 6.45) is 8.99. The van der Waals surface area contributed by atoms with Crippen molar-refractivity contribution in [2.75, 3.05) is 6.54 Å². The maximum atomic E-state index is 5.61. The van der Waals surface area contributed by atoms with Gasteiger partial charge in [-0.05, 0) is 32.6 Å². The lowest BCUT2D eigenvalue weighted by atomic mass is 9.96. The first kappa shape index (κ1) is 11.7. The van der Waals surface area contributed by atoms with Crippen LogP contribution in [0.4, 0.5) is 0 Å². The predicted molar refractivity (Wildman–Crippen MR) is 67.0 cm³/mol. The predicted octanol–water partition coefficient (Wildman–Crippen LogP) is 1.62. The molecule has 0 aromatic heterocycles. The summed E-state index contributed by atoms with van der Waals surface area (Å²) in [5, 5.41) is 0. The van der Waals surface area contributed by atoms with E-state index in [0.717, 1.165) is 12.5 Å². The molecular weight excluding hydrogens is 200 g/mol. The number of rotatable bonds is 1. The van der Waals surface area contributed by atoms with Crippen molar-refractivity contribution in [2.24, 2.45) is 10.8 Å². The van der Waals surface area contributed by atoms with E-state index in [1.165, 1.54) is 44.9 Å². The number of aliphatic imine (C=N–C) groups is 1. The molecule has 2 aliphatic rings. The van der Waals surface area contributed by atoms with E-state index < -0.39 is 0 Å². The Labute approximate surface area is 98.3 Å². The highest BCUT2D eigenvalue weighted by Gasteiger charge is 2.24. The van der Waals surface area contributed by atoms with Crippen LogP contribution in [0.1, 0.15) is 51.9 Å². The zero-order valence-electron chi connectivity index (χ0n) is 10.3. The third kappa shape index (κ3) is 2.67. The van der Waals surface area contributed by atoms with E-state index in [2.05, 4.69) is 17.2 Å². The van der Waals surface area contributed by atoms with Crippen molar-refractivity contribution in [3.05, 3.63) is 0 Å². The Bertz CT molecular complexity index is 245. The average molecular weight is 224 g/mol. The Morgan fingerprint density at radius 2 is 1.94 bits per heavy atom. The molecule has 1 heterocycles. The van der Waals surface area contributed by atoms with Crippen LogP contribution in [0.2, 0.25) is 0 Å². The van der Waals surface area contributed by atoms with Gasteiger partial charge < -0.3 is 4.90 Å². The van der Waals surface area contributed by atoms with Gasteiger partial charge in [-0.15, -0.1) is 0 Å². The van der Waals surface area contributed by atoms with E-state index >= 15 is 0 Å². The largest absolute Gasteiger partial charge is 0.339 e. The third-order valence-corrected chi connectivity index (χ3v) is 3.83. The van der Waals surface area contributed by atoms with Gasteiger partial charge in [0, 0.05) is 12.6 Å². The Kier molecular flexibility index (Phi) is 4.04. The molecule has 1 aliphatic heterocycles. The smallest absolute Gasteiger partial charge is 0.208 e. The third-order valence-electron chi connectivity index (χ3n) is 3.83. The molecule has 1 atom stereocenters. The van der Waals surface area contributed by atoms with Crippen molar-refractivity contribution in [3.63, 3.8) is 0 Å². The number of nitrogens with one attached hydrogen (secondary N) is 1. The van der Waals surface area contributed by atoms with E-state index in [4.69, 9.17) is 10.8 Å². The van der Waals surface area contributed by atoms with Gasteiger partial charge in [-0.1, -0.05) is 19.3 Å². The number of likely N-dealkylation sites (tertiary alicyclic amines) is 1. The highest BCUT2D eigenvalue weighted by atomic mass is 15.4. The Hall–Kier alpha value is -0.770. The van der Waals surface area contributed by atoms with Crippen LogP contribution in [0.3, 0.4) is 0 Å². The zero-order chi connectivity index (χ0) is 11.4. The summed E-state index contributed by atoms with van der Waals surface area (Å²) in [4.78, 5) is 7.11. The summed E-state index contributed by atoms with van der Waals surface area (Å²) in [6, 6.07) is 1.07. The van der Waals surface area contributed by atoms with Gasteiger partial charge in [0.05, 0.1) is 6.04 Å². The van der Waals surface area contributed by atoms with E-state index in [1.807, 2.05) is 0 Å². The monoisotopic (exact) mass is 224 g/mol. The van der Waals surface area contributed by atoms with Crippen LogP contribution in [0, 0.1) is 0 Å². The minimum Gasteiger partial charge on any atom is -0.339 e. The molecule has 2 rings (SSSR count). The van der Waals surface area contributed by atoms with Crippen molar-refractivity contribution in [3.8, 4) is 0 Å². The normalized spacial score (nSPS) is 28.5.